The van der Waals surface area contributed by atoms with E-state index in [1.165, 1.54) is 0 Å². The quantitative estimate of drug-likeness (QED) is 0.879. The maximum absolute atomic E-state index is 5.88. The first-order chi connectivity index (χ1) is 8.26. The van der Waals surface area contributed by atoms with E-state index < -0.39 is 0 Å². The standard InChI is InChI=1S/C13H14N2O2/c1-16-11-6-5-9(8-12(11)17-2)13-10(14)4-3-7-15-13/h3-8H,14H2,1-2H3. The molecule has 0 aliphatic rings. The Morgan fingerprint density at radius 2 is 1.82 bits per heavy atom. The van der Waals surface area contributed by atoms with Crippen molar-refractivity contribution in [1.82, 2.24) is 4.98 Å². The van der Waals surface area contributed by atoms with Crippen LogP contribution in [0.15, 0.2) is 36.5 Å². The van der Waals surface area contributed by atoms with E-state index in [4.69, 9.17) is 15.2 Å². The Balaban J connectivity index is 2.50. The zero-order chi connectivity index (χ0) is 12.3. The average Bonchev–Trinajstić information content (AvgIpc) is 2.38. The van der Waals surface area contributed by atoms with Gasteiger partial charge in [-0.2, -0.15) is 0 Å². The predicted octanol–water partition coefficient (Wildman–Crippen LogP) is 2.35. The van der Waals surface area contributed by atoms with Crippen LogP contribution in [0.25, 0.3) is 11.3 Å². The second kappa shape index (κ2) is 4.74. The first kappa shape index (κ1) is 11.3. The van der Waals surface area contributed by atoms with Gasteiger partial charge in [-0.05, 0) is 30.3 Å². The van der Waals surface area contributed by atoms with Crippen molar-refractivity contribution in [3.63, 3.8) is 0 Å². The van der Waals surface area contributed by atoms with E-state index in [1.54, 1.807) is 26.5 Å². The van der Waals surface area contributed by atoms with Gasteiger partial charge in [0.1, 0.15) is 0 Å². The predicted molar refractivity (Wildman–Crippen MR) is 67.2 cm³/mol. The third-order valence-electron chi connectivity index (χ3n) is 2.50. The smallest absolute Gasteiger partial charge is 0.161 e. The highest BCUT2D eigenvalue weighted by molar-refractivity contribution is 5.74. The van der Waals surface area contributed by atoms with Crippen molar-refractivity contribution in [2.45, 2.75) is 0 Å². The lowest BCUT2D eigenvalue weighted by atomic mass is 10.1. The first-order valence-electron chi connectivity index (χ1n) is 5.19. The van der Waals surface area contributed by atoms with E-state index in [1.807, 2.05) is 24.3 Å². The zero-order valence-corrected chi connectivity index (χ0v) is 9.81. The Morgan fingerprint density at radius 3 is 2.47 bits per heavy atom. The minimum absolute atomic E-state index is 0.639. The summed E-state index contributed by atoms with van der Waals surface area (Å²) in [7, 11) is 3.20. The fourth-order valence-electron chi connectivity index (χ4n) is 1.64. The Morgan fingerprint density at radius 1 is 1.06 bits per heavy atom. The molecule has 0 unspecified atom stereocenters. The van der Waals surface area contributed by atoms with Gasteiger partial charge < -0.3 is 15.2 Å². The SMILES string of the molecule is COc1ccc(-c2ncccc2N)cc1OC. The maximum Gasteiger partial charge on any atom is 0.161 e. The third-order valence-corrected chi connectivity index (χ3v) is 2.50. The van der Waals surface area contributed by atoms with Gasteiger partial charge in [-0.25, -0.2) is 0 Å². The van der Waals surface area contributed by atoms with Gasteiger partial charge in [-0.3, -0.25) is 4.98 Å². The van der Waals surface area contributed by atoms with Gasteiger partial charge in [0.2, 0.25) is 0 Å². The normalized spacial score (nSPS) is 10.0. The Labute approximate surface area is 100 Å². The van der Waals surface area contributed by atoms with Crippen molar-refractivity contribution in [1.29, 1.82) is 0 Å². The molecule has 2 rings (SSSR count). The van der Waals surface area contributed by atoms with Crippen molar-refractivity contribution in [2.24, 2.45) is 0 Å². The van der Waals surface area contributed by atoms with Crippen LogP contribution in [-0.2, 0) is 0 Å². The van der Waals surface area contributed by atoms with Crippen LogP contribution in [0.5, 0.6) is 11.5 Å². The summed E-state index contributed by atoms with van der Waals surface area (Å²) in [6, 6.07) is 9.22. The van der Waals surface area contributed by atoms with Crippen LogP contribution in [-0.4, -0.2) is 19.2 Å². The van der Waals surface area contributed by atoms with Crippen molar-refractivity contribution in [3.05, 3.63) is 36.5 Å². The molecule has 0 aliphatic heterocycles. The molecule has 0 spiro atoms. The number of hydrogen-bond acceptors (Lipinski definition) is 4. The van der Waals surface area contributed by atoms with Crippen LogP contribution in [0.2, 0.25) is 0 Å². The molecule has 1 aromatic heterocycles. The van der Waals surface area contributed by atoms with E-state index >= 15 is 0 Å². The van der Waals surface area contributed by atoms with E-state index in [-0.39, 0.29) is 0 Å². The number of nitrogen functional groups attached to an aromatic ring is 1. The van der Waals surface area contributed by atoms with Crippen LogP contribution in [0.3, 0.4) is 0 Å². The van der Waals surface area contributed by atoms with Crippen molar-refractivity contribution < 1.29 is 9.47 Å². The Bertz CT molecular complexity index is 527. The largest absolute Gasteiger partial charge is 0.493 e. The zero-order valence-electron chi connectivity index (χ0n) is 9.81. The molecule has 1 heterocycles. The van der Waals surface area contributed by atoms with Gasteiger partial charge in [0, 0.05) is 11.8 Å². The number of aromatic nitrogens is 1. The second-order valence-electron chi connectivity index (χ2n) is 3.51. The molecule has 0 aliphatic carbocycles. The van der Waals surface area contributed by atoms with E-state index in [0.29, 0.717) is 17.2 Å². The fraction of sp³-hybridized carbons (Fsp3) is 0.154. The molecule has 17 heavy (non-hydrogen) atoms. The highest BCUT2D eigenvalue weighted by Gasteiger charge is 2.08. The van der Waals surface area contributed by atoms with Gasteiger partial charge in [-0.1, -0.05) is 0 Å². The number of pyridine rings is 1. The van der Waals surface area contributed by atoms with Crippen LogP contribution >= 0.6 is 0 Å². The highest BCUT2D eigenvalue weighted by Crippen LogP contribution is 2.33. The average molecular weight is 230 g/mol. The summed E-state index contributed by atoms with van der Waals surface area (Å²) >= 11 is 0. The second-order valence-corrected chi connectivity index (χ2v) is 3.51. The van der Waals surface area contributed by atoms with Gasteiger partial charge in [0.05, 0.1) is 25.6 Å². The molecule has 0 saturated heterocycles. The Kier molecular flexibility index (Phi) is 3.14. The molecule has 4 nitrogen and oxygen atoms in total. The molecule has 0 amide bonds. The molecule has 0 bridgehead atoms. The lowest BCUT2D eigenvalue weighted by Gasteiger charge is -2.10. The number of nitrogens with zero attached hydrogens (tertiary/aromatic N) is 1. The minimum Gasteiger partial charge on any atom is -0.493 e. The monoisotopic (exact) mass is 230 g/mol. The number of rotatable bonds is 3. The van der Waals surface area contributed by atoms with Crippen molar-refractivity contribution in [3.8, 4) is 22.8 Å². The highest BCUT2D eigenvalue weighted by atomic mass is 16.5. The number of methoxy groups -OCH3 is 2. The molecule has 4 heteroatoms. The number of benzene rings is 1. The molecule has 2 aromatic rings. The molecular formula is C13H14N2O2. The van der Waals surface area contributed by atoms with Crippen molar-refractivity contribution in [2.75, 3.05) is 20.0 Å². The summed E-state index contributed by atoms with van der Waals surface area (Å²) in [6.45, 7) is 0. The van der Waals surface area contributed by atoms with Crippen LogP contribution in [0, 0.1) is 0 Å². The van der Waals surface area contributed by atoms with Crippen molar-refractivity contribution >= 4 is 5.69 Å². The Hall–Kier alpha value is -2.23. The lowest BCUT2D eigenvalue weighted by molar-refractivity contribution is 0.355. The van der Waals surface area contributed by atoms with E-state index in [0.717, 1.165) is 11.3 Å². The number of ether oxygens (including phenoxy) is 2. The molecule has 0 saturated carbocycles. The molecule has 1 aromatic carbocycles. The summed E-state index contributed by atoms with van der Waals surface area (Å²) in [4.78, 5) is 4.26. The number of nitrogens with two attached hydrogens (primary N) is 1. The summed E-state index contributed by atoms with van der Waals surface area (Å²) in [5.41, 5.74) is 8.17. The van der Waals surface area contributed by atoms with Crippen LogP contribution in [0.1, 0.15) is 0 Å². The lowest BCUT2D eigenvalue weighted by Crippen LogP contribution is -1.94. The van der Waals surface area contributed by atoms with E-state index in [9.17, 15) is 0 Å². The van der Waals surface area contributed by atoms with Gasteiger partial charge >= 0.3 is 0 Å². The van der Waals surface area contributed by atoms with Gasteiger partial charge in [-0.15, -0.1) is 0 Å². The number of hydrogen-bond donors (Lipinski definition) is 1. The van der Waals surface area contributed by atoms with Gasteiger partial charge in [0.25, 0.3) is 0 Å². The summed E-state index contributed by atoms with van der Waals surface area (Å²) in [5, 5.41) is 0. The molecule has 0 atom stereocenters. The van der Waals surface area contributed by atoms with Crippen LogP contribution < -0.4 is 15.2 Å². The molecular weight excluding hydrogens is 216 g/mol. The number of anilines is 1. The summed E-state index contributed by atoms with van der Waals surface area (Å²) in [6.07, 6.45) is 1.71. The molecule has 0 radical (unpaired) electrons. The third kappa shape index (κ3) is 2.15. The maximum atomic E-state index is 5.88. The van der Waals surface area contributed by atoms with Crippen LogP contribution in [0.4, 0.5) is 5.69 Å². The molecule has 0 fully saturated rings. The fourth-order valence-corrected chi connectivity index (χ4v) is 1.64. The van der Waals surface area contributed by atoms with Gasteiger partial charge in [0.15, 0.2) is 11.5 Å². The minimum atomic E-state index is 0.639. The summed E-state index contributed by atoms with van der Waals surface area (Å²) < 4.78 is 10.4. The van der Waals surface area contributed by atoms with E-state index in [2.05, 4.69) is 4.98 Å². The molecule has 88 valence electrons. The first-order valence-corrected chi connectivity index (χ1v) is 5.19. The summed E-state index contributed by atoms with van der Waals surface area (Å²) in [5.74, 6) is 1.35. The topological polar surface area (TPSA) is 57.4 Å². The molecule has 2 N–H and O–H groups in total.